The van der Waals surface area contributed by atoms with Crippen LogP contribution in [0.1, 0.15) is 34.6 Å². The van der Waals surface area contributed by atoms with E-state index in [2.05, 4.69) is 10.6 Å². The monoisotopic (exact) mass is 377 g/mol. The highest BCUT2D eigenvalue weighted by Gasteiger charge is 2.16. The standard InChI is InChI=1S/C21H19N3O4/c1-3-28-21(27)18-9-4-5-10-19(18)24-20(26)16(12-22)13-23-17-8-6-7-15(11-17)14(2)25/h4-11,13,23H,3H2,1-2H3,(H,24,26)/b16-13-. The van der Waals surface area contributed by atoms with Gasteiger partial charge in [0.25, 0.3) is 5.91 Å². The van der Waals surface area contributed by atoms with Crippen molar-refractivity contribution in [3.05, 3.63) is 71.4 Å². The van der Waals surface area contributed by atoms with Crippen molar-refractivity contribution in [1.29, 1.82) is 5.26 Å². The van der Waals surface area contributed by atoms with Gasteiger partial charge in [0.1, 0.15) is 11.6 Å². The fourth-order valence-electron chi connectivity index (χ4n) is 2.30. The lowest BCUT2D eigenvalue weighted by Crippen LogP contribution is -2.17. The molecule has 0 aliphatic carbocycles. The largest absolute Gasteiger partial charge is 0.462 e. The van der Waals surface area contributed by atoms with Crippen LogP contribution in [-0.2, 0) is 9.53 Å². The smallest absolute Gasteiger partial charge is 0.340 e. The highest BCUT2D eigenvalue weighted by Crippen LogP contribution is 2.17. The number of carbonyl (C=O) groups is 3. The second-order valence-electron chi connectivity index (χ2n) is 5.67. The third-order valence-corrected chi connectivity index (χ3v) is 3.69. The summed E-state index contributed by atoms with van der Waals surface area (Å²) < 4.78 is 4.96. The summed E-state index contributed by atoms with van der Waals surface area (Å²) in [6.07, 6.45) is 1.24. The van der Waals surface area contributed by atoms with Crippen LogP contribution in [0.4, 0.5) is 11.4 Å². The number of benzene rings is 2. The maximum Gasteiger partial charge on any atom is 0.340 e. The van der Waals surface area contributed by atoms with Crippen LogP contribution in [0.25, 0.3) is 0 Å². The Labute approximate surface area is 162 Å². The molecular formula is C21H19N3O4. The minimum absolute atomic E-state index is 0.0959. The molecule has 0 atom stereocenters. The molecule has 0 saturated heterocycles. The maximum absolute atomic E-state index is 12.4. The van der Waals surface area contributed by atoms with Crippen LogP contribution >= 0.6 is 0 Å². The topological polar surface area (TPSA) is 108 Å². The number of esters is 1. The summed E-state index contributed by atoms with van der Waals surface area (Å²) in [5, 5.41) is 14.7. The predicted molar refractivity (Wildman–Crippen MR) is 105 cm³/mol. The van der Waals surface area contributed by atoms with E-state index in [9.17, 15) is 19.6 Å². The number of nitrogens with one attached hydrogen (secondary N) is 2. The molecule has 7 nitrogen and oxygen atoms in total. The number of hydrogen-bond acceptors (Lipinski definition) is 6. The molecular weight excluding hydrogens is 358 g/mol. The van der Waals surface area contributed by atoms with Gasteiger partial charge in [-0.05, 0) is 38.1 Å². The van der Waals surface area contributed by atoms with Gasteiger partial charge in [-0.3, -0.25) is 9.59 Å². The number of anilines is 2. The van der Waals surface area contributed by atoms with E-state index in [1.165, 1.54) is 19.2 Å². The van der Waals surface area contributed by atoms with Crippen LogP contribution in [0, 0.1) is 11.3 Å². The summed E-state index contributed by atoms with van der Waals surface area (Å²) >= 11 is 0. The number of amides is 1. The number of para-hydroxylation sites is 1. The van der Waals surface area contributed by atoms with Crippen molar-refractivity contribution in [3.63, 3.8) is 0 Å². The number of hydrogen-bond donors (Lipinski definition) is 2. The minimum Gasteiger partial charge on any atom is -0.462 e. The molecule has 1 amide bonds. The molecule has 0 bridgehead atoms. The molecule has 0 unspecified atom stereocenters. The Hall–Kier alpha value is -3.92. The number of ketones is 1. The normalized spacial score (nSPS) is 10.5. The summed E-state index contributed by atoms with van der Waals surface area (Å²) in [5.74, 6) is -1.35. The average molecular weight is 377 g/mol. The van der Waals surface area contributed by atoms with E-state index < -0.39 is 11.9 Å². The number of nitrogens with zero attached hydrogens (tertiary/aromatic N) is 1. The molecule has 0 saturated carbocycles. The quantitative estimate of drug-likeness (QED) is 0.331. The molecule has 7 heteroatoms. The Bertz CT molecular complexity index is 974. The van der Waals surface area contributed by atoms with Crippen LogP contribution in [-0.4, -0.2) is 24.3 Å². The van der Waals surface area contributed by atoms with E-state index in [4.69, 9.17) is 4.74 Å². The molecule has 28 heavy (non-hydrogen) atoms. The zero-order valence-electron chi connectivity index (χ0n) is 15.5. The summed E-state index contributed by atoms with van der Waals surface area (Å²) in [6.45, 7) is 3.33. The van der Waals surface area contributed by atoms with Crippen LogP contribution in [0.2, 0.25) is 0 Å². The Kier molecular flexibility index (Phi) is 7.06. The summed E-state index contributed by atoms with van der Waals surface area (Å²) in [6, 6.07) is 14.8. The van der Waals surface area contributed by atoms with E-state index in [1.54, 1.807) is 49.4 Å². The van der Waals surface area contributed by atoms with E-state index in [1.807, 2.05) is 6.07 Å². The third-order valence-electron chi connectivity index (χ3n) is 3.69. The van der Waals surface area contributed by atoms with Crippen molar-refractivity contribution in [1.82, 2.24) is 0 Å². The van der Waals surface area contributed by atoms with Crippen LogP contribution < -0.4 is 10.6 Å². The Balaban J connectivity index is 2.18. The number of carbonyl (C=O) groups excluding carboxylic acids is 3. The molecule has 0 fully saturated rings. The molecule has 0 spiro atoms. The molecule has 0 aliphatic rings. The van der Waals surface area contributed by atoms with E-state index in [0.29, 0.717) is 11.3 Å². The van der Waals surface area contributed by atoms with E-state index in [-0.39, 0.29) is 29.2 Å². The van der Waals surface area contributed by atoms with Gasteiger partial charge < -0.3 is 15.4 Å². The maximum atomic E-state index is 12.4. The van der Waals surface area contributed by atoms with Crippen molar-refractivity contribution in [3.8, 4) is 6.07 Å². The van der Waals surface area contributed by atoms with Crippen LogP contribution in [0.15, 0.2) is 60.3 Å². The first-order chi connectivity index (χ1) is 13.5. The number of ether oxygens (including phenoxy) is 1. The summed E-state index contributed by atoms with van der Waals surface area (Å²) in [4.78, 5) is 35.9. The fourth-order valence-corrected chi connectivity index (χ4v) is 2.30. The van der Waals surface area contributed by atoms with Gasteiger partial charge in [-0.15, -0.1) is 0 Å². The number of nitriles is 1. The fraction of sp³-hybridized carbons (Fsp3) is 0.143. The lowest BCUT2D eigenvalue weighted by molar-refractivity contribution is -0.112. The lowest BCUT2D eigenvalue weighted by Gasteiger charge is -2.10. The van der Waals surface area contributed by atoms with E-state index >= 15 is 0 Å². The molecule has 2 aromatic rings. The molecule has 2 N–H and O–H groups in total. The SMILES string of the molecule is CCOC(=O)c1ccccc1NC(=O)/C(C#N)=C\Nc1cccc(C(C)=O)c1. The molecule has 0 aliphatic heterocycles. The van der Waals surface area contributed by atoms with Gasteiger partial charge >= 0.3 is 5.97 Å². The lowest BCUT2D eigenvalue weighted by atomic mass is 10.1. The molecule has 0 radical (unpaired) electrons. The Morgan fingerprint density at radius 1 is 1.14 bits per heavy atom. The van der Waals surface area contributed by atoms with Crippen LogP contribution in [0.5, 0.6) is 0 Å². The highest BCUT2D eigenvalue weighted by molar-refractivity contribution is 6.09. The van der Waals surface area contributed by atoms with Crippen molar-refractivity contribution in [2.75, 3.05) is 17.2 Å². The Morgan fingerprint density at radius 3 is 2.57 bits per heavy atom. The minimum atomic E-state index is -0.686. The zero-order valence-corrected chi connectivity index (χ0v) is 15.5. The molecule has 0 heterocycles. The van der Waals surface area contributed by atoms with Gasteiger partial charge in [0, 0.05) is 17.5 Å². The predicted octanol–water partition coefficient (Wildman–Crippen LogP) is 3.52. The zero-order chi connectivity index (χ0) is 20.5. The van der Waals surface area contributed by atoms with Crippen molar-refractivity contribution < 1.29 is 19.1 Å². The van der Waals surface area contributed by atoms with Crippen molar-refractivity contribution in [2.24, 2.45) is 0 Å². The van der Waals surface area contributed by atoms with E-state index in [0.717, 1.165) is 0 Å². The second kappa shape index (κ2) is 9.69. The van der Waals surface area contributed by atoms with Crippen LogP contribution in [0.3, 0.4) is 0 Å². The molecule has 2 aromatic carbocycles. The Morgan fingerprint density at radius 2 is 1.89 bits per heavy atom. The number of rotatable bonds is 7. The first-order valence-electron chi connectivity index (χ1n) is 8.51. The molecule has 2 rings (SSSR count). The average Bonchev–Trinajstić information content (AvgIpc) is 2.69. The number of Topliss-reactive ketones (excluding diaryl/α,β-unsaturated/α-hetero) is 1. The third kappa shape index (κ3) is 5.29. The molecule has 142 valence electrons. The van der Waals surface area contributed by atoms with Gasteiger partial charge in [-0.25, -0.2) is 4.79 Å². The molecule has 0 aromatic heterocycles. The summed E-state index contributed by atoms with van der Waals surface area (Å²) in [5.41, 5.74) is 1.29. The first kappa shape index (κ1) is 20.4. The van der Waals surface area contributed by atoms with Crippen molar-refractivity contribution in [2.45, 2.75) is 13.8 Å². The highest BCUT2D eigenvalue weighted by atomic mass is 16.5. The van der Waals surface area contributed by atoms with Gasteiger partial charge in [0.05, 0.1) is 17.9 Å². The summed E-state index contributed by atoms with van der Waals surface area (Å²) in [7, 11) is 0. The van der Waals surface area contributed by atoms with Gasteiger partial charge in [0.2, 0.25) is 0 Å². The van der Waals surface area contributed by atoms with Gasteiger partial charge in [-0.2, -0.15) is 5.26 Å². The van der Waals surface area contributed by atoms with Crippen molar-refractivity contribution >= 4 is 29.0 Å². The van der Waals surface area contributed by atoms with Gasteiger partial charge in [-0.1, -0.05) is 24.3 Å². The van der Waals surface area contributed by atoms with Gasteiger partial charge in [0.15, 0.2) is 5.78 Å². The first-order valence-corrected chi connectivity index (χ1v) is 8.51. The second-order valence-corrected chi connectivity index (χ2v) is 5.67.